The third-order valence-corrected chi connectivity index (χ3v) is 3.79. The van der Waals surface area contributed by atoms with Crippen LogP contribution in [0.3, 0.4) is 0 Å². The number of hydrogen-bond acceptors (Lipinski definition) is 3. The number of carbonyl (C=O) groups excluding carboxylic acids is 1. The van der Waals surface area contributed by atoms with Gasteiger partial charge in [-0.05, 0) is 51.2 Å². The summed E-state index contributed by atoms with van der Waals surface area (Å²) < 4.78 is 0. The Labute approximate surface area is 111 Å². The number of likely N-dealkylation sites (N-methyl/N-ethyl adjacent to an activating group) is 1. The van der Waals surface area contributed by atoms with E-state index >= 15 is 0 Å². The highest BCUT2D eigenvalue weighted by atomic mass is 16.2. The van der Waals surface area contributed by atoms with Crippen molar-refractivity contribution < 1.29 is 4.79 Å². The van der Waals surface area contributed by atoms with E-state index in [-0.39, 0.29) is 11.9 Å². The van der Waals surface area contributed by atoms with Gasteiger partial charge in [-0.25, -0.2) is 0 Å². The monoisotopic (exact) mass is 255 g/mol. The van der Waals surface area contributed by atoms with Gasteiger partial charge in [-0.3, -0.25) is 4.79 Å². The SMILES string of the molecule is CC(C)CC(N)C(=O)N(C)CC1CCN(C)CC1. The first kappa shape index (κ1) is 15.4. The van der Waals surface area contributed by atoms with E-state index in [1.807, 2.05) is 11.9 Å². The second-order valence-electron chi connectivity index (χ2n) is 6.20. The lowest BCUT2D eigenvalue weighted by atomic mass is 9.96. The largest absolute Gasteiger partial charge is 0.344 e. The van der Waals surface area contributed by atoms with Crippen LogP contribution < -0.4 is 5.73 Å². The van der Waals surface area contributed by atoms with Gasteiger partial charge in [-0.15, -0.1) is 0 Å². The molecule has 1 unspecified atom stereocenters. The van der Waals surface area contributed by atoms with Crippen molar-refractivity contribution in [3.05, 3.63) is 0 Å². The summed E-state index contributed by atoms with van der Waals surface area (Å²) in [6, 6.07) is -0.332. The third kappa shape index (κ3) is 4.94. The van der Waals surface area contributed by atoms with Gasteiger partial charge in [0.1, 0.15) is 0 Å². The summed E-state index contributed by atoms with van der Waals surface area (Å²) in [6.07, 6.45) is 3.15. The van der Waals surface area contributed by atoms with E-state index in [0.29, 0.717) is 11.8 Å². The van der Waals surface area contributed by atoms with Crippen molar-refractivity contribution in [2.24, 2.45) is 17.6 Å². The predicted octanol–water partition coefficient (Wildman–Crippen LogP) is 1.16. The zero-order valence-electron chi connectivity index (χ0n) is 12.4. The normalized spacial score (nSPS) is 20.1. The Morgan fingerprint density at radius 3 is 2.44 bits per heavy atom. The van der Waals surface area contributed by atoms with Gasteiger partial charge in [-0.2, -0.15) is 0 Å². The van der Waals surface area contributed by atoms with Crippen LogP contribution in [-0.2, 0) is 4.79 Å². The number of piperidine rings is 1. The van der Waals surface area contributed by atoms with E-state index in [0.717, 1.165) is 26.1 Å². The van der Waals surface area contributed by atoms with E-state index in [1.165, 1.54) is 12.8 Å². The molecule has 18 heavy (non-hydrogen) atoms. The minimum Gasteiger partial charge on any atom is -0.344 e. The summed E-state index contributed by atoms with van der Waals surface area (Å²) in [6.45, 7) is 7.35. The maximum Gasteiger partial charge on any atom is 0.239 e. The van der Waals surface area contributed by atoms with Crippen LogP contribution in [0.4, 0.5) is 0 Å². The van der Waals surface area contributed by atoms with Gasteiger partial charge in [0.15, 0.2) is 0 Å². The molecular formula is C14H29N3O. The van der Waals surface area contributed by atoms with Crippen LogP contribution in [0.25, 0.3) is 0 Å². The topological polar surface area (TPSA) is 49.6 Å². The van der Waals surface area contributed by atoms with Gasteiger partial charge in [0, 0.05) is 13.6 Å². The fourth-order valence-electron chi connectivity index (χ4n) is 2.61. The molecule has 0 aromatic carbocycles. The standard InChI is InChI=1S/C14H29N3O/c1-11(2)9-13(15)14(18)17(4)10-12-5-7-16(3)8-6-12/h11-13H,5-10,15H2,1-4H3. The molecule has 1 aliphatic heterocycles. The maximum atomic E-state index is 12.1. The third-order valence-electron chi connectivity index (χ3n) is 3.79. The zero-order valence-corrected chi connectivity index (χ0v) is 12.4. The first-order chi connectivity index (χ1) is 8.40. The van der Waals surface area contributed by atoms with Crippen molar-refractivity contribution >= 4 is 5.91 Å². The van der Waals surface area contributed by atoms with E-state index in [4.69, 9.17) is 5.73 Å². The smallest absolute Gasteiger partial charge is 0.239 e. The highest BCUT2D eigenvalue weighted by molar-refractivity contribution is 5.81. The second kappa shape index (κ2) is 7.10. The maximum absolute atomic E-state index is 12.1. The van der Waals surface area contributed by atoms with Crippen molar-refractivity contribution in [1.82, 2.24) is 9.80 Å². The Morgan fingerprint density at radius 2 is 1.94 bits per heavy atom. The molecule has 1 fully saturated rings. The van der Waals surface area contributed by atoms with Crippen LogP contribution in [0, 0.1) is 11.8 Å². The van der Waals surface area contributed by atoms with Gasteiger partial charge in [0.05, 0.1) is 6.04 Å². The molecule has 1 saturated heterocycles. The quantitative estimate of drug-likeness (QED) is 0.802. The number of carbonyl (C=O) groups is 1. The Morgan fingerprint density at radius 1 is 1.39 bits per heavy atom. The minimum atomic E-state index is -0.332. The van der Waals surface area contributed by atoms with Crippen molar-refractivity contribution in [2.45, 2.75) is 39.2 Å². The van der Waals surface area contributed by atoms with Crippen LogP contribution in [0.2, 0.25) is 0 Å². The molecule has 0 radical (unpaired) electrons. The molecule has 0 bridgehead atoms. The first-order valence-electron chi connectivity index (χ1n) is 7.09. The Kier molecular flexibility index (Phi) is 6.09. The minimum absolute atomic E-state index is 0.0997. The van der Waals surface area contributed by atoms with Crippen LogP contribution in [0.1, 0.15) is 33.1 Å². The lowest BCUT2D eigenvalue weighted by molar-refractivity contribution is -0.132. The molecule has 1 heterocycles. The summed E-state index contributed by atoms with van der Waals surface area (Å²) in [4.78, 5) is 16.3. The molecule has 0 aromatic rings. The number of amides is 1. The highest BCUT2D eigenvalue weighted by Gasteiger charge is 2.23. The average Bonchev–Trinajstić information content (AvgIpc) is 2.30. The second-order valence-corrected chi connectivity index (χ2v) is 6.20. The van der Waals surface area contributed by atoms with Crippen molar-refractivity contribution in [1.29, 1.82) is 0 Å². The molecule has 1 aliphatic rings. The molecule has 1 amide bonds. The predicted molar refractivity (Wildman–Crippen MR) is 75.3 cm³/mol. The number of hydrogen-bond donors (Lipinski definition) is 1. The van der Waals surface area contributed by atoms with Gasteiger partial charge >= 0.3 is 0 Å². The molecule has 4 heteroatoms. The first-order valence-corrected chi connectivity index (χ1v) is 7.09. The van der Waals surface area contributed by atoms with Gasteiger partial charge in [0.25, 0.3) is 0 Å². The number of rotatable bonds is 5. The summed E-state index contributed by atoms with van der Waals surface area (Å²) in [5.74, 6) is 1.21. The Balaban J connectivity index is 2.35. The molecule has 1 rings (SSSR count). The molecule has 0 aromatic heterocycles. The Hall–Kier alpha value is -0.610. The van der Waals surface area contributed by atoms with Gasteiger partial charge < -0.3 is 15.5 Å². The molecular weight excluding hydrogens is 226 g/mol. The highest BCUT2D eigenvalue weighted by Crippen LogP contribution is 2.17. The lowest BCUT2D eigenvalue weighted by Crippen LogP contribution is -2.45. The zero-order chi connectivity index (χ0) is 13.7. The summed E-state index contributed by atoms with van der Waals surface area (Å²) in [5.41, 5.74) is 5.95. The summed E-state index contributed by atoms with van der Waals surface area (Å²) in [7, 11) is 4.05. The molecule has 2 N–H and O–H groups in total. The average molecular weight is 255 g/mol. The van der Waals surface area contributed by atoms with Crippen LogP contribution in [0.5, 0.6) is 0 Å². The molecule has 106 valence electrons. The van der Waals surface area contributed by atoms with Crippen molar-refractivity contribution in [3.8, 4) is 0 Å². The molecule has 4 nitrogen and oxygen atoms in total. The fourth-order valence-corrected chi connectivity index (χ4v) is 2.61. The molecule has 0 spiro atoms. The summed E-state index contributed by atoms with van der Waals surface area (Å²) in [5, 5.41) is 0. The van der Waals surface area contributed by atoms with E-state index in [9.17, 15) is 4.79 Å². The van der Waals surface area contributed by atoms with Gasteiger partial charge in [0.2, 0.25) is 5.91 Å². The van der Waals surface area contributed by atoms with E-state index in [2.05, 4.69) is 25.8 Å². The summed E-state index contributed by atoms with van der Waals surface area (Å²) >= 11 is 0. The Bertz CT molecular complexity index is 260. The van der Waals surface area contributed by atoms with E-state index < -0.39 is 0 Å². The fraction of sp³-hybridized carbons (Fsp3) is 0.929. The molecule has 0 aliphatic carbocycles. The van der Waals surface area contributed by atoms with E-state index in [1.54, 1.807) is 0 Å². The van der Waals surface area contributed by atoms with Crippen LogP contribution in [0.15, 0.2) is 0 Å². The van der Waals surface area contributed by atoms with Crippen LogP contribution >= 0.6 is 0 Å². The van der Waals surface area contributed by atoms with Crippen molar-refractivity contribution in [3.63, 3.8) is 0 Å². The molecule has 1 atom stereocenters. The molecule has 0 saturated carbocycles. The van der Waals surface area contributed by atoms with Gasteiger partial charge in [-0.1, -0.05) is 13.8 Å². The number of likely N-dealkylation sites (tertiary alicyclic amines) is 1. The lowest BCUT2D eigenvalue weighted by Gasteiger charge is -2.32. The number of nitrogens with two attached hydrogens (primary N) is 1. The van der Waals surface area contributed by atoms with Crippen molar-refractivity contribution in [2.75, 3.05) is 33.7 Å². The number of nitrogens with zero attached hydrogens (tertiary/aromatic N) is 2. The van der Waals surface area contributed by atoms with Crippen LogP contribution in [-0.4, -0.2) is 55.5 Å².